The highest BCUT2D eigenvalue weighted by Crippen LogP contribution is 2.24. The van der Waals surface area contributed by atoms with Crippen LogP contribution in [0.15, 0.2) is 24.3 Å². The smallest absolute Gasteiger partial charge is 0.238 e. The molecular formula is C17H24ClNO3S. The summed E-state index contributed by atoms with van der Waals surface area (Å²) in [6.07, 6.45) is 4.02. The van der Waals surface area contributed by atoms with E-state index < -0.39 is 21.0 Å². The van der Waals surface area contributed by atoms with Crippen LogP contribution in [0.4, 0.5) is 0 Å². The van der Waals surface area contributed by atoms with Crippen LogP contribution in [-0.4, -0.2) is 25.6 Å². The third-order valence-electron chi connectivity index (χ3n) is 4.55. The zero-order valence-electron chi connectivity index (χ0n) is 13.6. The molecule has 0 saturated heterocycles. The Bertz CT molecular complexity index is 634. The highest BCUT2D eigenvalue weighted by Gasteiger charge is 2.30. The Balaban J connectivity index is 1.95. The van der Waals surface area contributed by atoms with Crippen molar-refractivity contribution in [2.75, 3.05) is 0 Å². The van der Waals surface area contributed by atoms with Gasteiger partial charge in [-0.3, -0.25) is 4.79 Å². The number of hydrogen-bond acceptors (Lipinski definition) is 3. The molecule has 1 amide bonds. The van der Waals surface area contributed by atoms with Crippen LogP contribution in [-0.2, 0) is 20.4 Å². The van der Waals surface area contributed by atoms with Crippen molar-refractivity contribution in [1.82, 2.24) is 5.32 Å². The Hall–Kier alpha value is -1.07. The quantitative estimate of drug-likeness (QED) is 0.879. The first-order chi connectivity index (χ1) is 10.8. The van der Waals surface area contributed by atoms with E-state index in [9.17, 15) is 13.2 Å². The minimum absolute atomic E-state index is 0.104. The van der Waals surface area contributed by atoms with Gasteiger partial charge in [-0.1, -0.05) is 30.7 Å². The maximum absolute atomic E-state index is 12.4. The van der Waals surface area contributed by atoms with Gasteiger partial charge in [-0.05, 0) is 56.2 Å². The molecule has 0 radical (unpaired) electrons. The molecule has 0 bridgehead atoms. The minimum Gasteiger partial charge on any atom is -0.352 e. The Labute approximate surface area is 143 Å². The summed E-state index contributed by atoms with van der Waals surface area (Å²) in [5.41, 5.74) is 0.639. The van der Waals surface area contributed by atoms with Gasteiger partial charge in [-0.15, -0.1) is 0 Å². The molecule has 2 rings (SSSR count). The molecule has 0 spiro atoms. The average Bonchev–Trinajstić information content (AvgIpc) is 2.51. The number of nitrogens with one attached hydrogen (secondary N) is 1. The molecule has 1 aliphatic carbocycles. The third kappa shape index (κ3) is 5.21. The predicted octanol–water partition coefficient (Wildman–Crippen LogP) is 3.34. The molecule has 1 N–H and O–H groups in total. The van der Waals surface area contributed by atoms with Gasteiger partial charge < -0.3 is 5.32 Å². The normalized spacial score (nSPS) is 23.3. The van der Waals surface area contributed by atoms with E-state index in [1.807, 2.05) is 0 Å². The first kappa shape index (κ1) is 18.3. The third-order valence-corrected chi connectivity index (χ3v) is 6.83. The summed E-state index contributed by atoms with van der Waals surface area (Å²) in [6, 6.07) is 6.76. The lowest BCUT2D eigenvalue weighted by Crippen LogP contribution is -2.44. The van der Waals surface area contributed by atoms with Crippen LogP contribution in [0.2, 0.25) is 5.02 Å². The van der Waals surface area contributed by atoms with Crippen LogP contribution in [0.1, 0.15) is 45.1 Å². The summed E-state index contributed by atoms with van der Waals surface area (Å²) in [7, 11) is -3.54. The number of sulfone groups is 1. The molecule has 0 aromatic heterocycles. The van der Waals surface area contributed by atoms with E-state index in [2.05, 4.69) is 12.2 Å². The maximum Gasteiger partial charge on any atom is 0.238 e. The van der Waals surface area contributed by atoms with Crippen molar-refractivity contribution in [1.29, 1.82) is 0 Å². The monoisotopic (exact) mass is 357 g/mol. The number of carbonyl (C=O) groups is 1. The minimum atomic E-state index is -3.54. The molecule has 1 aromatic rings. The molecule has 1 aliphatic rings. The molecular weight excluding hydrogens is 334 g/mol. The highest BCUT2D eigenvalue weighted by atomic mass is 35.5. The molecule has 0 heterocycles. The number of amides is 1. The van der Waals surface area contributed by atoms with Crippen molar-refractivity contribution in [3.63, 3.8) is 0 Å². The summed E-state index contributed by atoms with van der Waals surface area (Å²) < 4.78 is 24.9. The van der Waals surface area contributed by atoms with E-state index >= 15 is 0 Å². The van der Waals surface area contributed by atoms with Gasteiger partial charge in [0.1, 0.15) is 5.25 Å². The zero-order chi connectivity index (χ0) is 17.0. The van der Waals surface area contributed by atoms with Crippen molar-refractivity contribution >= 4 is 27.3 Å². The fourth-order valence-electron chi connectivity index (χ4n) is 2.82. The molecule has 1 fully saturated rings. The summed E-state index contributed by atoms with van der Waals surface area (Å²) in [4.78, 5) is 12.3. The van der Waals surface area contributed by atoms with Crippen LogP contribution in [0, 0.1) is 5.92 Å². The zero-order valence-corrected chi connectivity index (χ0v) is 15.2. The molecule has 0 unspecified atom stereocenters. The van der Waals surface area contributed by atoms with Gasteiger partial charge in [-0.2, -0.15) is 0 Å². The van der Waals surface area contributed by atoms with Crippen LogP contribution in [0.3, 0.4) is 0 Å². The Morgan fingerprint density at radius 2 is 1.78 bits per heavy atom. The SMILES string of the molecule is CC1CCC(NC(=O)[C@@H](C)S(=O)(=O)Cc2ccc(Cl)cc2)CC1. The van der Waals surface area contributed by atoms with Crippen molar-refractivity contribution < 1.29 is 13.2 Å². The van der Waals surface area contributed by atoms with Crippen LogP contribution in [0.25, 0.3) is 0 Å². The Morgan fingerprint density at radius 3 is 2.35 bits per heavy atom. The molecule has 1 saturated carbocycles. The van der Waals surface area contributed by atoms with Crippen molar-refractivity contribution in [3.8, 4) is 0 Å². The van der Waals surface area contributed by atoms with Gasteiger partial charge in [0.2, 0.25) is 5.91 Å². The van der Waals surface area contributed by atoms with Crippen LogP contribution < -0.4 is 5.32 Å². The molecule has 1 aromatic carbocycles. The van der Waals surface area contributed by atoms with Gasteiger partial charge >= 0.3 is 0 Å². The van der Waals surface area contributed by atoms with Crippen LogP contribution in [0.5, 0.6) is 0 Å². The largest absolute Gasteiger partial charge is 0.352 e. The van der Waals surface area contributed by atoms with Crippen molar-refractivity contribution in [2.24, 2.45) is 5.92 Å². The number of rotatable bonds is 5. The number of hydrogen-bond donors (Lipinski definition) is 1. The number of halogens is 1. The standard InChI is InChI=1S/C17H24ClNO3S/c1-12-3-9-16(10-4-12)19-17(20)13(2)23(21,22)11-14-5-7-15(18)8-6-14/h5-8,12-13,16H,3-4,9-11H2,1-2H3,(H,19,20)/t12?,13-,16?/m1/s1. The fourth-order valence-corrected chi connectivity index (χ4v) is 4.25. The van der Waals surface area contributed by atoms with E-state index in [1.165, 1.54) is 6.92 Å². The average molecular weight is 358 g/mol. The number of carbonyl (C=O) groups excluding carboxylic acids is 1. The van der Waals surface area contributed by atoms with Gasteiger partial charge in [0.15, 0.2) is 9.84 Å². The summed E-state index contributed by atoms with van der Waals surface area (Å²) in [6.45, 7) is 3.67. The summed E-state index contributed by atoms with van der Waals surface area (Å²) in [5.74, 6) is 0.146. The Morgan fingerprint density at radius 1 is 1.22 bits per heavy atom. The molecule has 4 nitrogen and oxygen atoms in total. The van der Waals surface area contributed by atoms with E-state index in [1.54, 1.807) is 24.3 Å². The fraction of sp³-hybridized carbons (Fsp3) is 0.588. The van der Waals surface area contributed by atoms with Gasteiger partial charge in [0, 0.05) is 11.1 Å². The molecule has 23 heavy (non-hydrogen) atoms. The second kappa shape index (κ2) is 7.67. The van der Waals surface area contributed by atoms with Crippen LogP contribution >= 0.6 is 11.6 Å². The topological polar surface area (TPSA) is 63.2 Å². The molecule has 128 valence electrons. The summed E-state index contributed by atoms with van der Waals surface area (Å²) >= 11 is 5.80. The molecule has 6 heteroatoms. The first-order valence-electron chi connectivity index (χ1n) is 8.04. The first-order valence-corrected chi connectivity index (χ1v) is 10.1. The Kier molecular flexibility index (Phi) is 6.09. The van der Waals surface area contributed by atoms with E-state index in [0.29, 0.717) is 16.5 Å². The van der Waals surface area contributed by atoms with Gasteiger partial charge in [-0.25, -0.2) is 8.42 Å². The number of benzene rings is 1. The molecule has 1 atom stereocenters. The highest BCUT2D eigenvalue weighted by molar-refractivity contribution is 7.92. The van der Waals surface area contributed by atoms with Crippen molar-refractivity contribution in [2.45, 2.75) is 56.6 Å². The lowest BCUT2D eigenvalue weighted by Gasteiger charge is -2.27. The lowest BCUT2D eigenvalue weighted by atomic mass is 9.87. The second-order valence-electron chi connectivity index (χ2n) is 6.54. The predicted molar refractivity (Wildman–Crippen MR) is 93.1 cm³/mol. The van der Waals surface area contributed by atoms with E-state index in [0.717, 1.165) is 25.7 Å². The summed E-state index contributed by atoms with van der Waals surface area (Å²) in [5, 5.41) is 2.42. The second-order valence-corrected chi connectivity index (χ2v) is 9.30. The van der Waals surface area contributed by atoms with E-state index in [-0.39, 0.29) is 11.8 Å². The van der Waals surface area contributed by atoms with E-state index in [4.69, 9.17) is 11.6 Å². The van der Waals surface area contributed by atoms with Gasteiger partial charge in [0.05, 0.1) is 5.75 Å². The van der Waals surface area contributed by atoms with Crippen molar-refractivity contribution in [3.05, 3.63) is 34.9 Å². The lowest BCUT2D eigenvalue weighted by molar-refractivity contribution is -0.121. The van der Waals surface area contributed by atoms with Gasteiger partial charge in [0.25, 0.3) is 0 Å². The molecule has 0 aliphatic heterocycles. The maximum atomic E-state index is 12.4.